The van der Waals surface area contributed by atoms with Crippen LogP contribution in [0.2, 0.25) is 0 Å². The van der Waals surface area contributed by atoms with E-state index in [0.29, 0.717) is 17.0 Å². The maximum Gasteiger partial charge on any atom is 0.341 e. The molecule has 164 valence electrons. The minimum Gasteiger partial charge on any atom is -0.495 e. The van der Waals surface area contributed by atoms with Gasteiger partial charge in [0.15, 0.2) is 0 Å². The lowest BCUT2D eigenvalue weighted by Gasteiger charge is -2.15. The largest absolute Gasteiger partial charge is 0.495 e. The standard InChI is InChI=1S/C20H26N2O6S2/c1-7-14-12(3)29-19(17(14)20(24)28-8-2)21-18(23)13-9-10-15(27-6)16(11-13)30(25,26)22(4)5/h9-11H,7-8H2,1-6H3,(H,21,23). The highest BCUT2D eigenvalue weighted by Crippen LogP contribution is 2.35. The van der Waals surface area contributed by atoms with Crippen LogP contribution in [0.3, 0.4) is 0 Å². The summed E-state index contributed by atoms with van der Waals surface area (Å²) < 4.78 is 36.5. The highest BCUT2D eigenvalue weighted by Gasteiger charge is 2.26. The summed E-state index contributed by atoms with van der Waals surface area (Å²) in [7, 11) is 0.323. The molecule has 0 aliphatic carbocycles. The van der Waals surface area contributed by atoms with Crippen LogP contribution in [-0.2, 0) is 21.2 Å². The predicted molar refractivity (Wildman–Crippen MR) is 116 cm³/mol. The number of amides is 1. The summed E-state index contributed by atoms with van der Waals surface area (Å²) in [5.74, 6) is -0.908. The number of nitrogens with zero attached hydrogens (tertiary/aromatic N) is 1. The van der Waals surface area contributed by atoms with E-state index in [1.807, 2.05) is 13.8 Å². The van der Waals surface area contributed by atoms with Crippen molar-refractivity contribution in [1.82, 2.24) is 4.31 Å². The fraction of sp³-hybridized carbons (Fsp3) is 0.400. The number of carbonyl (C=O) groups excluding carboxylic acids is 2. The zero-order valence-corrected chi connectivity index (χ0v) is 19.5. The van der Waals surface area contributed by atoms with Crippen molar-refractivity contribution in [2.75, 3.05) is 33.1 Å². The van der Waals surface area contributed by atoms with Crippen LogP contribution in [0, 0.1) is 6.92 Å². The molecule has 1 N–H and O–H groups in total. The Hall–Kier alpha value is -2.43. The van der Waals surface area contributed by atoms with Crippen LogP contribution in [-0.4, -0.2) is 52.4 Å². The number of hydrogen-bond donors (Lipinski definition) is 1. The minimum atomic E-state index is -3.83. The van der Waals surface area contributed by atoms with E-state index in [9.17, 15) is 18.0 Å². The molecule has 2 rings (SSSR count). The van der Waals surface area contributed by atoms with Crippen LogP contribution in [0.25, 0.3) is 0 Å². The Morgan fingerprint density at radius 2 is 1.87 bits per heavy atom. The molecule has 0 aliphatic heterocycles. The molecule has 30 heavy (non-hydrogen) atoms. The number of hydrogen-bond acceptors (Lipinski definition) is 7. The van der Waals surface area contributed by atoms with Crippen molar-refractivity contribution < 1.29 is 27.5 Å². The maximum atomic E-state index is 12.9. The van der Waals surface area contributed by atoms with Crippen LogP contribution in [0.15, 0.2) is 23.1 Å². The van der Waals surface area contributed by atoms with Gasteiger partial charge in [-0.1, -0.05) is 6.92 Å². The number of sulfonamides is 1. The number of carbonyl (C=O) groups is 2. The van der Waals surface area contributed by atoms with Gasteiger partial charge in [0, 0.05) is 24.5 Å². The summed E-state index contributed by atoms with van der Waals surface area (Å²) in [5.41, 5.74) is 1.28. The van der Waals surface area contributed by atoms with Gasteiger partial charge in [-0.25, -0.2) is 17.5 Å². The molecule has 2 aromatic rings. The predicted octanol–water partition coefficient (Wildman–Crippen LogP) is 3.31. The first-order valence-corrected chi connectivity index (χ1v) is 11.5. The van der Waals surface area contributed by atoms with E-state index in [1.165, 1.54) is 50.7 Å². The Kier molecular flexibility index (Phi) is 7.62. The van der Waals surface area contributed by atoms with Gasteiger partial charge in [0.05, 0.1) is 19.3 Å². The van der Waals surface area contributed by atoms with Crippen LogP contribution < -0.4 is 10.1 Å². The maximum absolute atomic E-state index is 12.9. The Labute approximate surface area is 180 Å². The van der Waals surface area contributed by atoms with E-state index < -0.39 is 21.9 Å². The van der Waals surface area contributed by atoms with Crippen molar-refractivity contribution in [2.24, 2.45) is 0 Å². The first kappa shape index (κ1) is 23.8. The van der Waals surface area contributed by atoms with Gasteiger partial charge in [-0.3, -0.25) is 4.79 Å². The Bertz CT molecular complexity index is 1060. The van der Waals surface area contributed by atoms with Crippen molar-refractivity contribution in [3.8, 4) is 5.75 Å². The SMILES string of the molecule is CCOC(=O)c1c(NC(=O)c2ccc(OC)c(S(=O)(=O)N(C)C)c2)sc(C)c1CC. The molecule has 1 amide bonds. The van der Waals surface area contributed by atoms with Crippen molar-refractivity contribution >= 4 is 38.2 Å². The molecule has 1 heterocycles. The van der Waals surface area contributed by atoms with E-state index in [0.717, 1.165) is 14.7 Å². The van der Waals surface area contributed by atoms with Crippen molar-refractivity contribution in [3.05, 3.63) is 39.8 Å². The van der Waals surface area contributed by atoms with Crippen LogP contribution in [0.1, 0.15) is 45.0 Å². The van der Waals surface area contributed by atoms with Crippen LogP contribution in [0.4, 0.5) is 5.00 Å². The lowest BCUT2D eigenvalue weighted by Crippen LogP contribution is -2.23. The number of anilines is 1. The van der Waals surface area contributed by atoms with Crippen molar-refractivity contribution in [3.63, 3.8) is 0 Å². The molecule has 0 atom stereocenters. The zero-order valence-electron chi connectivity index (χ0n) is 17.9. The smallest absolute Gasteiger partial charge is 0.341 e. The van der Waals surface area contributed by atoms with Gasteiger partial charge in [-0.2, -0.15) is 0 Å². The fourth-order valence-corrected chi connectivity index (χ4v) is 5.11. The summed E-state index contributed by atoms with van der Waals surface area (Å²) in [5, 5.41) is 3.11. The molecule has 0 saturated heterocycles. The molecule has 0 spiro atoms. The number of ether oxygens (including phenoxy) is 2. The highest BCUT2D eigenvalue weighted by atomic mass is 32.2. The van der Waals surface area contributed by atoms with E-state index in [1.54, 1.807) is 6.92 Å². The van der Waals surface area contributed by atoms with Gasteiger partial charge in [0.2, 0.25) is 10.0 Å². The van der Waals surface area contributed by atoms with Crippen molar-refractivity contribution in [2.45, 2.75) is 32.1 Å². The number of thiophene rings is 1. The number of methoxy groups -OCH3 is 1. The third-order valence-corrected chi connectivity index (χ3v) is 7.35. The average molecular weight is 455 g/mol. The summed E-state index contributed by atoms with van der Waals surface area (Å²) >= 11 is 1.28. The Morgan fingerprint density at radius 3 is 2.40 bits per heavy atom. The lowest BCUT2D eigenvalue weighted by molar-refractivity contribution is 0.0527. The highest BCUT2D eigenvalue weighted by molar-refractivity contribution is 7.89. The Morgan fingerprint density at radius 1 is 1.20 bits per heavy atom. The topological polar surface area (TPSA) is 102 Å². The second kappa shape index (κ2) is 9.59. The second-order valence-corrected chi connectivity index (χ2v) is 9.87. The van der Waals surface area contributed by atoms with E-state index >= 15 is 0 Å². The number of nitrogens with one attached hydrogen (secondary N) is 1. The molecule has 10 heteroatoms. The molecule has 1 aromatic heterocycles. The summed E-state index contributed by atoms with van der Waals surface area (Å²) in [4.78, 5) is 26.1. The monoisotopic (exact) mass is 454 g/mol. The molecule has 0 fully saturated rings. The summed E-state index contributed by atoms with van der Waals surface area (Å²) in [6.45, 7) is 5.72. The normalized spacial score (nSPS) is 11.4. The quantitative estimate of drug-likeness (QED) is 0.614. The van der Waals surface area contributed by atoms with E-state index in [4.69, 9.17) is 9.47 Å². The summed E-state index contributed by atoms with van der Waals surface area (Å²) in [6, 6.07) is 4.15. The number of esters is 1. The molecule has 0 saturated carbocycles. The average Bonchev–Trinajstić information content (AvgIpc) is 3.02. The summed E-state index contributed by atoms with van der Waals surface area (Å²) in [6.07, 6.45) is 0.611. The van der Waals surface area contributed by atoms with Gasteiger partial charge in [0.25, 0.3) is 5.91 Å². The lowest BCUT2D eigenvalue weighted by atomic mass is 10.1. The first-order valence-electron chi connectivity index (χ1n) is 9.29. The molecular weight excluding hydrogens is 428 g/mol. The zero-order chi connectivity index (χ0) is 22.6. The molecule has 0 radical (unpaired) electrons. The molecule has 8 nitrogen and oxygen atoms in total. The second-order valence-electron chi connectivity index (χ2n) is 6.52. The number of rotatable bonds is 8. The van der Waals surface area contributed by atoms with Gasteiger partial charge in [-0.05, 0) is 44.0 Å². The molecule has 0 unspecified atom stereocenters. The van der Waals surface area contributed by atoms with Gasteiger partial charge in [-0.15, -0.1) is 11.3 Å². The van der Waals surface area contributed by atoms with Crippen LogP contribution >= 0.6 is 11.3 Å². The molecular formula is C20H26N2O6S2. The first-order chi connectivity index (χ1) is 14.1. The molecule has 1 aromatic carbocycles. The van der Waals surface area contributed by atoms with Gasteiger partial charge in [0.1, 0.15) is 15.6 Å². The third kappa shape index (κ3) is 4.66. The third-order valence-electron chi connectivity index (χ3n) is 4.45. The fourth-order valence-electron chi connectivity index (χ4n) is 2.90. The van der Waals surface area contributed by atoms with Gasteiger partial charge < -0.3 is 14.8 Å². The van der Waals surface area contributed by atoms with Crippen molar-refractivity contribution in [1.29, 1.82) is 0 Å². The number of aryl methyl sites for hydroxylation is 1. The van der Waals surface area contributed by atoms with Crippen LogP contribution in [0.5, 0.6) is 5.75 Å². The molecule has 0 bridgehead atoms. The van der Waals surface area contributed by atoms with E-state index in [2.05, 4.69) is 5.32 Å². The minimum absolute atomic E-state index is 0.120. The van der Waals surface area contributed by atoms with E-state index in [-0.39, 0.29) is 22.8 Å². The number of benzene rings is 1. The van der Waals surface area contributed by atoms with Gasteiger partial charge >= 0.3 is 5.97 Å². The Balaban J connectivity index is 2.48. The molecule has 0 aliphatic rings.